The number of benzene rings is 3. The number of hydrogen-bond donors (Lipinski definition) is 1. The molecule has 3 aromatic carbocycles. The van der Waals surface area contributed by atoms with Gasteiger partial charge in [0.1, 0.15) is 11.6 Å². The van der Waals surface area contributed by atoms with Crippen molar-refractivity contribution in [1.29, 1.82) is 0 Å². The molecule has 1 aliphatic heterocycles. The molecular formula is C36H36F2N6OS. The van der Waals surface area contributed by atoms with E-state index in [-0.39, 0.29) is 27.3 Å². The molecule has 6 aromatic rings. The first-order valence-electron chi connectivity index (χ1n) is 15.6. The van der Waals surface area contributed by atoms with Crippen molar-refractivity contribution in [2.75, 3.05) is 0 Å². The summed E-state index contributed by atoms with van der Waals surface area (Å²) in [4.78, 5) is 8.33. The van der Waals surface area contributed by atoms with E-state index in [1.807, 2.05) is 36.7 Å². The van der Waals surface area contributed by atoms with E-state index < -0.39 is 27.8 Å². The Kier molecular flexibility index (Phi) is 7.50. The first kappa shape index (κ1) is 30.2. The normalized spacial score (nSPS) is 20.1. The Balaban J connectivity index is 1.43. The number of hydrogen-bond acceptors (Lipinski definition) is 4. The lowest BCUT2D eigenvalue weighted by molar-refractivity contribution is 0.407. The molecule has 10 heteroatoms. The summed E-state index contributed by atoms with van der Waals surface area (Å²) in [5.74, 6) is -0.222. The summed E-state index contributed by atoms with van der Waals surface area (Å²) in [5.41, 5.74) is 2.79. The van der Waals surface area contributed by atoms with Crippen LogP contribution in [0.1, 0.15) is 69.0 Å². The molecule has 3 aromatic heterocycles. The molecule has 0 spiro atoms. The highest BCUT2D eigenvalue weighted by atomic mass is 32.2. The maximum Gasteiger partial charge on any atom is 0.161 e. The number of aryl methyl sites for hydroxylation is 1. The van der Waals surface area contributed by atoms with E-state index in [9.17, 15) is 4.21 Å². The van der Waals surface area contributed by atoms with Crippen LogP contribution in [-0.4, -0.2) is 33.7 Å². The van der Waals surface area contributed by atoms with Gasteiger partial charge in [-0.05, 0) is 66.6 Å². The van der Waals surface area contributed by atoms with Gasteiger partial charge in [-0.15, -0.1) is 0 Å². The molecule has 2 atom stereocenters. The van der Waals surface area contributed by atoms with Gasteiger partial charge in [0.05, 0.1) is 39.4 Å². The molecule has 4 heterocycles. The fraction of sp³-hybridized carbons (Fsp3) is 0.306. The predicted molar refractivity (Wildman–Crippen MR) is 175 cm³/mol. The number of halogens is 2. The third kappa shape index (κ3) is 5.18. The van der Waals surface area contributed by atoms with Gasteiger partial charge in [-0.3, -0.25) is 4.68 Å². The molecule has 7 rings (SSSR count). The Hall–Kier alpha value is -4.44. The van der Waals surface area contributed by atoms with Gasteiger partial charge in [0.25, 0.3) is 0 Å². The third-order valence-electron chi connectivity index (χ3n) is 9.58. The predicted octanol–water partition coefficient (Wildman–Crippen LogP) is 7.81. The van der Waals surface area contributed by atoms with Gasteiger partial charge in [0.2, 0.25) is 0 Å². The van der Waals surface area contributed by atoms with Crippen LogP contribution in [0.25, 0.3) is 22.3 Å². The van der Waals surface area contributed by atoms with Crippen molar-refractivity contribution >= 4 is 21.7 Å². The Morgan fingerprint density at radius 2 is 1.72 bits per heavy atom. The summed E-state index contributed by atoms with van der Waals surface area (Å²) in [5, 5.41) is 10.2. The van der Waals surface area contributed by atoms with E-state index in [4.69, 9.17) is 10.1 Å². The second-order valence-electron chi connectivity index (χ2n) is 13.1. The van der Waals surface area contributed by atoms with Gasteiger partial charge in [-0.2, -0.15) is 10.2 Å². The smallest absolute Gasteiger partial charge is 0.161 e. The zero-order chi connectivity index (χ0) is 32.2. The summed E-state index contributed by atoms with van der Waals surface area (Å²) < 4.78 is 49.2. The van der Waals surface area contributed by atoms with Crippen LogP contribution >= 0.6 is 0 Å². The molecule has 0 saturated heterocycles. The molecule has 0 amide bonds. The third-order valence-corrected chi connectivity index (χ3v) is 11.1. The Bertz CT molecular complexity index is 2100. The second-order valence-corrected chi connectivity index (χ2v) is 14.5. The number of aromatic amines is 1. The molecule has 2 unspecified atom stereocenters. The lowest BCUT2D eigenvalue weighted by Gasteiger charge is -2.29. The number of rotatable bonds is 1. The SMILES string of the molecule is Cn1nc2nc1-c1cc(ccc1F)S(=O)c1c(F)cc3[nH]ccc3c1Cn1cc(cn1)C(C)(C)CCCCC2(C)c1ccccc1. The highest BCUT2D eigenvalue weighted by molar-refractivity contribution is 7.85. The number of aromatic nitrogens is 6. The van der Waals surface area contributed by atoms with Gasteiger partial charge in [-0.1, -0.05) is 57.0 Å². The lowest BCUT2D eigenvalue weighted by atomic mass is 9.76. The molecule has 7 nitrogen and oxygen atoms in total. The maximum absolute atomic E-state index is 15.9. The van der Waals surface area contributed by atoms with Crippen LogP contribution in [0.2, 0.25) is 0 Å². The summed E-state index contributed by atoms with van der Waals surface area (Å²) in [7, 11) is -0.240. The molecule has 46 heavy (non-hydrogen) atoms. The topological polar surface area (TPSA) is 81.4 Å². The van der Waals surface area contributed by atoms with Gasteiger partial charge >= 0.3 is 0 Å². The van der Waals surface area contributed by atoms with Gasteiger partial charge in [-0.25, -0.2) is 22.7 Å². The Labute approximate surface area is 269 Å². The van der Waals surface area contributed by atoms with Crippen molar-refractivity contribution in [3.05, 3.63) is 113 Å². The Morgan fingerprint density at radius 3 is 2.52 bits per heavy atom. The fourth-order valence-corrected chi connectivity index (χ4v) is 7.97. The minimum atomic E-state index is -1.98. The van der Waals surface area contributed by atoms with Crippen molar-refractivity contribution in [1.82, 2.24) is 29.5 Å². The average Bonchev–Trinajstić information content (AvgIpc) is 3.80. The van der Waals surface area contributed by atoms with E-state index in [0.29, 0.717) is 22.7 Å². The number of nitrogens with one attached hydrogen (secondary N) is 1. The standard InChI is InChI=1S/C36H36F2N6OS/c1-35(2)15-8-9-16-36(3,23-10-6-5-7-11-23)34-41-33(43(4)42-34)27-18-25(12-13-29(27)37)46(45)32-28(22-44-21-24(35)20-40-44)26-14-17-39-31(26)19-30(32)38/h5-7,10-14,17-21,39H,8-9,15-16,22H2,1-4H3. The quantitative estimate of drug-likeness (QED) is 0.199. The highest BCUT2D eigenvalue weighted by Gasteiger charge is 2.35. The van der Waals surface area contributed by atoms with Crippen LogP contribution < -0.4 is 0 Å². The van der Waals surface area contributed by atoms with E-state index >= 15 is 8.78 Å². The van der Waals surface area contributed by atoms with Crippen molar-refractivity contribution in [3.8, 4) is 11.4 Å². The minimum Gasteiger partial charge on any atom is -0.361 e. The van der Waals surface area contributed by atoms with E-state index in [2.05, 4.69) is 43.0 Å². The molecule has 1 aliphatic rings. The number of H-pyrrole nitrogens is 1. The zero-order valence-corrected chi connectivity index (χ0v) is 27.2. The van der Waals surface area contributed by atoms with Gasteiger partial charge < -0.3 is 4.98 Å². The highest BCUT2D eigenvalue weighted by Crippen LogP contribution is 2.39. The molecule has 0 fully saturated rings. The van der Waals surface area contributed by atoms with E-state index in [0.717, 1.165) is 42.2 Å². The van der Waals surface area contributed by atoms with Crippen molar-refractivity contribution in [3.63, 3.8) is 0 Å². The van der Waals surface area contributed by atoms with Gasteiger partial charge in [0.15, 0.2) is 11.6 Å². The second kappa shape index (κ2) is 11.4. The van der Waals surface area contributed by atoms with Crippen molar-refractivity contribution < 1.29 is 13.0 Å². The van der Waals surface area contributed by atoms with Crippen LogP contribution in [0, 0.1) is 11.6 Å². The van der Waals surface area contributed by atoms with Gasteiger partial charge in [0, 0.05) is 40.8 Å². The molecule has 0 radical (unpaired) electrons. The molecule has 1 N–H and O–H groups in total. The first-order valence-corrected chi connectivity index (χ1v) is 16.7. The molecule has 6 bridgehead atoms. The summed E-state index contributed by atoms with van der Waals surface area (Å²) in [6.07, 6.45) is 9.24. The summed E-state index contributed by atoms with van der Waals surface area (Å²) in [6.45, 7) is 6.80. The molecule has 236 valence electrons. The molecular weight excluding hydrogens is 603 g/mol. The largest absolute Gasteiger partial charge is 0.361 e. The van der Waals surface area contributed by atoms with Crippen LogP contribution in [0.3, 0.4) is 0 Å². The van der Waals surface area contributed by atoms with Crippen LogP contribution in [0.15, 0.2) is 89.0 Å². The van der Waals surface area contributed by atoms with Crippen LogP contribution in [-0.2, 0) is 35.2 Å². The fourth-order valence-electron chi connectivity index (χ4n) is 6.69. The maximum atomic E-state index is 15.9. The number of fused-ring (bicyclic) bond motifs is 10. The summed E-state index contributed by atoms with van der Waals surface area (Å²) in [6, 6.07) is 17.6. The van der Waals surface area contributed by atoms with Crippen LogP contribution in [0.4, 0.5) is 8.78 Å². The van der Waals surface area contributed by atoms with Crippen molar-refractivity contribution in [2.24, 2.45) is 7.05 Å². The van der Waals surface area contributed by atoms with E-state index in [1.165, 1.54) is 24.3 Å². The van der Waals surface area contributed by atoms with Crippen molar-refractivity contribution in [2.45, 2.75) is 73.6 Å². The zero-order valence-electron chi connectivity index (χ0n) is 26.3. The monoisotopic (exact) mass is 638 g/mol. The lowest BCUT2D eigenvalue weighted by Crippen LogP contribution is -2.26. The number of nitrogens with zero attached hydrogens (tertiary/aromatic N) is 5. The Morgan fingerprint density at radius 1 is 0.935 bits per heavy atom. The minimum absolute atomic E-state index is 0.0502. The van der Waals surface area contributed by atoms with E-state index in [1.54, 1.807) is 22.6 Å². The first-order chi connectivity index (χ1) is 22.0. The molecule has 0 aliphatic carbocycles. The molecule has 0 saturated carbocycles. The van der Waals surface area contributed by atoms with Crippen LogP contribution in [0.5, 0.6) is 0 Å². The summed E-state index contributed by atoms with van der Waals surface area (Å²) >= 11 is 0. The average molecular weight is 639 g/mol.